The second kappa shape index (κ2) is 11.7. The van der Waals surface area contributed by atoms with Crippen LogP contribution in [0.1, 0.15) is 22.4 Å². The van der Waals surface area contributed by atoms with Crippen LogP contribution >= 0.6 is 11.6 Å². The SMILES string of the molecule is O=C(Cc1cn2c(CN3CCS(=O)(=O)CC3)cc3cc(CN4CCOCC4)cc(c1=O)c32)NCc1ccc(Cl)cc1. The van der Waals surface area contributed by atoms with Gasteiger partial charge in [-0.15, -0.1) is 0 Å². The number of rotatable bonds is 8. The van der Waals surface area contributed by atoms with E-state index >= 15 is 0 Å². The molecule has 0 spiro atoms. The molecule has 0 bridgehead atoms. The third-order valence-electron chi connectivity index (χ3n) is 7.98. The van der Waals surface area contributed by atoms with Crippen LogP contribution in [0, 0.1) is 0 Å². The Balaban J connectivity index is 1.32. The van der Waals surface area contributed by atoms with Crippen molar-refractivity contribution in [2.45, 2.75) is 26.1 Å². The van der Waals surface area contributed by atoms with Crippen molar-refractivity contribution in [3.63, 3.8) is 0 Å². The Hall–Kier alpha value is -3.02. The number of morpholine rings is 1. The molecule has 2 fully saturated rings. The van der Waals surface area contributed by atoms with Crippen LogP contribution in [0.3, 0.4) is 0 Å². The topological polar surface area (TPSA) is 100 Å². The highest BCUT2D eigenvalue weighted by molar-refractivity contribution is 7.91. The molecular formula is C30H33ClN4O5S. The van der Waals surface area contributed by atoms with Crippen molar-refractivity contribution in [3.8, 4) is 0 Å². The monoisotopic (exact) mass is 596 g/mol. The van der Waals surface area contributed by atoms with Crippen LogP contribution in [0.4, 0.5) is 0 Å². The number of carbonyl (C=O) groups is 1. The van der Waals surface area contributed by atoms with Crippen LogP contribution in [-0.2, 0) is 45.4 Å². The third kappa shape index (κ3) is 6.42. The summed E-state index contributed by atoms with van der Waals surface area (Å²) in [6, 6.07) is 13.5. The summed E-state index contributed by atoms with van der Waals surface area (Å²) in [6.45, 7) is 5.62. The van der Waals surface area contributed by atoms with Crippen molar-refractivity contribution in [1.82, 2.24) is 19.5 Å². The molecule has 6 rings (SSSR count). The molecule has 0 saturated carbocycles. The van der Waals surface area contributed by atoms with E-state index in [2.05, 4.69) is 27.2 Å². The molecule has 9 nitrogen and oxygen atoms in total. The van der Waals surface area contributed by atoms with Gasteiger partial charge in [-0.25, -0.2) is 8.42 Å². The van der Waals surface area contributed by atoms with Crippen molar-refractivity contribution in [2.75, 3.05) is 50.9 Å². The Labute approximate surface area is 243 Å². The van der Waals surface area contributed by atoms with E-state index in [-0.39, 0.29) is 29.3 Å². The number of amides is 1. The fourth-order valence-corrected chi connectivity index (χ4v) is 7.13. The Bertz CT molecular complexity index is 1720. The minimum absolute atomic E-state index is 0.0410. The van der Waals surface area contributed by atoms with Gasteiger partial charge in [-0.1, -0.05) is 23.7 Å². The van der Waals surface area contributed by atoms with Crippen molar-refractivity contribution in [3.05, 3.63) is 86.3 Å². The van der Waals surface area contributed by atoms with Gasteiger partial charge >= 0.3 is 0 Å². The number of nitrogens with zero attached hydrogens (tertiary/aromatic N) is 3. The van der Waals surface area contributed by atoms with E-state index in [1.807, 2.05) is 22.6 Å². The number of ether oxygens (including phenoxy) is 1. The van der Waals surface area contributed by atoms with Gasteiger partial charge in [-0.2, -0.15) is 0 Å². The average Bonchev–Trinajstić information content (AvgIpc) is 3.29. The zero-order valence-electron chi connectivity index (χ0n) is 22.8. The van der Waals surface area contributed by atoms with Gasteiger partial charge < -0.3 is 14.5 Å². The Kier molecular flexibility index (Phi) is 8.02. The molecule has 2 saturated heterocycles. The summed E-state index contributed by atoms with van der Waals surface area (Å²) < 4.78 is 31.5. The molecule has 2 aliphatic heterocycles. The first-order valence-electron chi connectivity index (χ1n) is 13.9. The lowest BCUT2D eigenvalue weighted by Crippen LogP contribution is -2.39. The molecule has 216 valence electrons. The lowest BCUT2D eigenvalue weighted by atomic mass is 10.0. The van der Waals surface area contributed by atoms with Crippen LogP contribution in [0.15, 0.2) is 53.5 Å². The fourth-order valence-electron chi connectivity index (χ4n) is 5.73. The number of sulfone groups is 1. The Morgan fingerprint density at radius 3 is 2.37 bits per heavy atom. The number of halogens is 1. The lowest BCUT2D eigenvalue weighted by molar-refractivity contribution is -0.120. The number of hydrogen-bond acceptors (Lipinski definition) is 7. The zero-order chi connectivity index (χ0) is 28.6. The molecule has 41 heavy (non-hydrogen) atoms. The van der Waals surface area contributed by atoms with E-state index in [4.69, 9.17) is 16.3 Å². The largest absolute Gasteiger partial charge is 0.379 e. The molecule has 0 aliphatic carbocycles. The van der Waals surface area contributed by atoms with Crippen LogP contribution in [0.25, 0.3) is 16.3 Å². The van der Waals surface area contributed by atoms with E-state index in [1.54, 1.807) is 18.3 Å². The highest BCUT2D eigenvalue weighted by Gasteiger charge is 2.24. The van der Waals surface area contributed by atoms with Gasteiger partial charge in [-0.05, 0) is 41.5 Å². The Morgan fingerprint density at radius 2 is 1.63 bits per heavy atom. The van der Waals surface area contributed by atoms with Crippen molar-refractivity contribution in [2.24, 2.45) is 0 Å². The Morgan fingerprint density at radius 1 is 0.927 bits per heavy atom. The molecule has 0 atom stereocenters. The summed E-state index contributed by atoms with van der Waals surface area (Å²) in [6.07, 6.45) is 1.75. The quantitative estimate of drug-likeness (QED) is 0.334. The summed E-state index contributed by atoms with van der Waals surface area (Å²) in [5.74, 6) is 0.0594. The maximum absolute atomic E-state index is 13.8. The van der Waals surface area contributed by atoms with Gasteiger partial charge in [0.1, 0.15) is 0 Å². The predicted octanol–water partition coefficient (Wildman–Crippen LogP) is 2.47. The van der Waals surface area contributed by atoms with E-state index in [9.17, 15) is 18.0 Å². The molecular weight excluding hydrogens is 564 g/mol. The summed E-state index contributed by atoms with van der Waals surface area (Å²) in [7, 11) is -2.99. The number of nitrogens with one attached hydrogen (secondary N) is 1. The fraction of sp³-hybridized carbons (Fsp3) is 0.400. The van der Waals surface area contributed by atoms with Crippen LogP contribution in [0.2, 0.25) is 5.02 Å². The highest BCUT2D eigenvalue weighted by Crippen LogP contribution is 2.27. The minimum atomic E-state index is -2.99. The molecule has 1 N–H and O–H groups in total. The maximum Gasteiger partial charge on any atom is 0.224 e. The maximum atomic E-state index is 13.8. The molecule has 2 aliphatic rings. The molecule has 1 amide bonds. The third-order valence-corrected chi connectivity index (χ3v) is 9.84. The zero-order valence-corrected chi connectivity index (χ0v) is 24.3. The number of benzene rings is 2. The van der Waals surface area contributed by atoms with Crippen molar-refractivity contribution < 1.29 is 17.9 Å². The first-order valence-corrected chi connectivity index (χ1v) is 16.1. The molecule has 2 aromatic heterocycles. The summed E-state index contributed by atoms with van der Waals surface area (Å²) >= 11 is 5.96. The van der Waals surface area contributed by atoms with Gasteiger partial charge in [-0.3, -0.25) is 19.4 Å². The first-order chi connectivity index (χ1) is 19.7. The van der Waals surface area contributed by atoms with Gasteiger partial charge in [0.05, 0.1) is 36.7 Å². The molecule has 4 heterocycles. The van der Waals surface area contributed by atoms with Gasteiger partial charge in [0.15, 0.2) is 15.3 Å². The van der Waals surface area contributed by atoms with Crippen LogP contribution in [-0.4, -0.2) is 79.4 Å². The number of pyridine rings is 1. The van der Waals surface area contributed by atoms with Gasteiger partial charge in [0.25, 0.3) is 0 Å². The van der Waals surface area contributed by atoms with Crippen LogP contribution in [0.5, 0.6) is 0 Å². The molecule has 4 aromatic rings. The van der Waals surface area contributed by atoms with Gasteiger partial charge in [0.2, 0.25) is 5.91 Å². The first kappa shape index (κ1) is 28.1. The standard InChI is InChI=1S/C30H33ClN4O5S/c31-25-3-1-21(2-4-25)17-32-28(36)16-24-19-35-26(20-34-7-11-41(38,39)12-8-34)15-23-13-22(14-27(29(23)35)30(24)37)18-33-5-9-40-10-6-33/h1-4,13-15,19H,5-12,16-18,20H2,(H,32,36). The molecule has 11 heteroatoms. The second-order valence-corrected chi connectivity index (χ2v) is 13.7. The molecule has 0 radical (unpaired) electrons. The summed E-state index contributed by atoms with van der Waals surface area (Å²) in [4.78, 5) is 31.2. The van der Waals surface area contributed by atoms with E-state index in [1.165, 1.54) is 0 Å². The van der Waals surface area contributed by atoms with E-state index in [0.29, 0.717) is 61.9 Å². The lowest BCUT2D eigenvalue weighted by Gasteiger charge is -2.26. The molecule has 2 aromatic carbocycles. The number of carbonyl (C=O) groups excluding carboxylic acids is 1. The number of hydrogen-bond donors (Lipinski definition) is 1. The predicted molar refractivity (Wildman–Crippen MR) is 159 cm³/mol. The van der Waals surface area contributed by atoms with Crippen molar-refractivity contribution >= 4 is 43.6 Å². The van der Waals surface area contributed by atoms with Gasteiger partial charge in [0, 0.05) is 79.1 Å². The highest BCUT2D eigenvalue weighted by atomic mass is 35.5. The smallest absolute Gasteiger partial charge is 0.224 e. The summed E-state index contributed by atoms with van der Waals surface area (Å²) in [5, 5.41) is 5.12. The molecule has 0 unspecified atom stereocenters. The van der Waals surface area contributed by atoms with E-state index in [0.717, 1.165) is 40.8 Å². The number of aromatic nitrogens is 1. The minimum Gasteiger partial charge on any atom is -0.379 e. The van der Waals surface area contributed by atoms with Crippen molar-refractivity contribution in [1.29, 1.82) is 0 Å². The second-order valence-electron chi connectivity index (χ2n) is 11.0. The van der Waals surface area contributed by atoms with E-state index < -0.39 is 9.84 Å². The normalized spacial score (nSPS) is 18.3. The van der Waals surface area contributed by atoms with Crippen LogP contribution < -0.4 is 10.7 Å². The average molecular weight is 597 g/mol. The summed E-state index contributed by atoms with van der Waals surface area (Å²) in [5.41, 5.74) is 4.06.